The van der Waals surface area contributed by atoms with Gasteiger partial charge in [0.05, 0.1) is 17.9 Å². The molecule has 4 atom stereocenters. The van der Waals surface area contributed by atoms with Gasteiger partial charge >= 0.3 is 6.03 Å². The molecule has 140 valence electrons. The number of carbonyl (C=O) groups is 1. The fourth-order valence-electron chi connectivity index (χ4n) is 4.51. The number of hydrogen-bond acceptors (Lipinski definition) is 3. The molecule has 5 rings (SSSR count). The van der Waals surface area contributed by atoms with Gasteiger partial charge in [0.15, 0.2) is 0 Å². The second kappa shape index (κ2) is 6.23. The van der Waals surface area contributed by atoms with E-state index >= 15 is 0 Å². The predicted octanol–water partition coefficient (Wildman–Crippen LogP) is 3.55. The van der Waals surface area contributed by atoms with Gasteiger partial charge in [0.25, 0.3) is 0 Å². The summed E-state index contributed by atoms with van der Waals surface area (Å²) in [6, 6.07) is 12.1. The van der Waals surface area contributed by atoms with Gasteiger partial charge in [-0.3, -0.25) is 5.32 Å². The monoisotopic (exact) mass is 364 g/mol. The highest BCUT2D eigenvalue weighted by Crippen LogP contribution is 2.43. The topological polar surface area (TPSA) is 59.4 Å². The molecule has 6 heteroatoms. The molecule has 3 aliphatic heterocycles. The number of urea groups is 1. The van der Waals surface area contributed by atoms with Crippen LogP contribution < -0.4 is 5.32 Å². The van der Waals surface area contributed by atoms with Crippen LogP contribution >= 0.6 is 0 Å². The number of nitrogens with zero attached hydrogens (tertiary/aromatic N) is 3. The molecular formula is C21H24N4O2. The molecule has 3 aliphatic rings. The highest BCUT2D eigenvalue weighted by Gasteiger charge is 2.51. The molecule has 0 saturated carbocycles. The highest BCUT2D eigenvalue weighted by molar-refractivity contribution is 5.89. The number of aromatic nitrogens is 2. The van der Waals surface area contributed by atoms with Crippen LogP contribution in [0.25, 0.3) is 11.3 Å². The average Bonchev–Trinajstić information content (AvgIpc) is 3.42. The first-order chi connectivity index (χ1) is 13.1. The minimum absolute atomic E-state index is 0.0507. The maximum absolute atomic E-state index is 12.9. The largest absolute Gasteiger partial charge is 0.366 e. The summed E-state index contributed by atoms with van der Waals surface area (Å²) >= 11 is 0. The lowest BCUT2D eigenvalue weighted by atomic mass is 9.86. The fourth-order valence-corrected chi connectivity index (χ4v) is 4.51. The number of hydrogen-bond donors (Lipinski definition) is 1. The van der Waals surface area contributed by atoms with Crippen molar-refractivity contribution < 1.29 is 9.53 Å². The number of benzene rings is 1. The molecule has 0 aliphatic carbocycles. The van der Waals surface area contributed by atoms with Gasteiger partial charge in [0, 0.05) is 42.6 Å². The molecule has 2 amide bonds. The van der Waals surface area contributed by atoms with Gasteiger partial charge in [-0.25, -0.2) is 9.48 Å². The van der Waals surface area contributed by atoms with Gasteiger partial charge in [0.2, 0.25) is 0 Å². The van der Waals surface area contributed by atoms with Crippen LogP contribution in [0, 0.1) is 11.8 Å². The van der Waals surface area contributed by atoms with E-state index in [1.54, 1.807) is 0 Å². The normalized spacial score (nSPS) is 28.2. The van der Waals surface area contributed by atoms with E-state index in [9.17, 15) is 4.79 Å². The third-order valence-electron chi connectivity index (χ3n) is 5.88. The second-order valence-electron chi connectivity index (χ2n) is 7.93. The third-order valence-corrected chi connectivity index (χ3v) is 5.88. The Morgan fingerprint density at radius 2 is 1.81 bits per heavy atom. The first-order valence-corrected chi connectivity index (χ1v) is 9.65. The molecule has 1 aromatic carbocycles. The summed E-state index contributed by atoms with van der Waals surface area (Å²) < 4.78 is 7.79. The minimum Gasteiger partial charge on any atom is -0.366 e. The Morgan fingerprint density at radius 1 is 1.15 bits per heavy atom. The molecular weight excluding hydrogens is 340 g/mol. The summed E-state index contributed by atoms with van der Waals surface area (Å²) in [6.45, 7) is 5.64. The first kappa shape index (κ1) is 16.6. The second-order valence-corrected chi connectivity index (χ2v) is 7.93. The number of fused-ring (bicyclic) bond motifs is 5. The van der Waals surface area contributed by atoms with Gasteiger partial charge in [-0.05, 0) is 13.8 Å². The number of likely N-dealkylation sites (tertiary alicyclic amines) is 1. The lowest BCUT2D eigenvalue weighted by molar-refractivity contribution is 0.0892. The van der Waals surface area contributed by atoms with Crippen LogP contribution in [0.3, 0.4) is 0 Å². The molecule has 2 bridgehead atoms. The lowest BCUT2D eigenvalue weighted by Gasteiger charge is -2.20. The molecule has 0 radical (unpaired) electrons. The zero-order valence-electron chi connectivity index (χ0n) is 15.6. The fraction of sp³-hybridized carbons (Fsp3) is 0.429. The number of rotatable bonds is 3. The van der Waals surface area contributed by atoms with Crippen molar-refractivity contribution in [2.75, 3.05) is 18.4 Å². The number of anilines is 1. The van der Waals surface area contributed by atoms with E-state index in [1.807, 2.05) is 46.0 Å². The van der Waals surface area contributed by atoms with Crippen molar-refractivity contribution in [2.24, 2.45) is 11.8 Å². The number of nitrogens with one attached hydrogen (secondary N) is 1. The number of carbonyl (C=O) groups excluding carboxylic acids is 1. The Bertz CT molecular complexity index is 869. The summed E-state index contributed by atoms with van der Waals surface area (Å²) in [7, 11) is 0. The Kier molecular flexibility index (Phi) is 3.82. The average molecular weight is 364 g/mol. The molecule has 1 aromatic heterocycles. The molecule has 4 heterocycles. The van der Waals surface area contributed by atoms with Crippen LogP contribution in [0.5, 0.6) is 0 Å². The van der Waals surface area contributed by atoms with Crippen LogP contribution in [0.1, 0.15) is 19.9 Å². The molecule has 2 saturated heterocycles. The van der Waals surface area contributed by atoms with Gasteiger partial charge in [0.1, 0.15) is 5.82 Å². The van der Waals surface area contributed by atoms with E-state index in [0.717, 1.165) is 30.2 Å². The zero-order valence-corrected chi connectivity index (χ0v) is 15.6. The Balaban J connectivity index is 1.34. The molecule has 2 aromatic rings. The van der Waals surface area contributed by atoms with Crippen molar-refractivity contribution in [3.8, 4) is 11.3 Å². The number of amides is 2. The summed E-state index contributed by atoms with van der Waals surface area (Å²) in [5, 5.41) is 7.79. The zero-order chi connectivity index (χ0) is 18.5. The summed E-state index contributed by atoms with van der Waals surface area (Å²) in [6.07, 6.45) is 4.66. The molecule has 6 nitrogen and oxygen atoms in total. The van der Waals surface area contributed by atoms with Crippen molar-refractivity contribution in [3.05, 3.63) is 48.6 Å². The standard InChI is InChI=1S/C21H24N4O2/c1-13(2)25-20(10-17(23-25)14-6-4-3-5-7-14)22-21(26)24-11-15-16(12-24)19-9-8-18(15)27-19/h3-10,13,15-16,18-19H,11-12H2,1-2H3,(H,22,26). The van der Waals surface area contributed by atoms with Crippen LogP contribution in [0.4, 0.5) is 10.6 Å². The van der Waals surface area contributed by atoms with Gasteiger partial charge < -0.3 is 9.64 Å². The van der Waals surface area contributed by atoms with Crippen molar-refractivity contribution in [2.45, 2.75) is 32.1 Å². The van der Waals surface area contributed by atoms with E-state index in [-0.39, 0.29) is 24.3 Å². The molecule has 2 fully saturated rings. The summed E-state index contributed by atoms with van der Waals surface area (Å²) in [4.78, 5) is 14.8. The third kappa shape index (κ3) is 2.75. The maximum Gasteiger partial charge on any atom is 0.323 e. The predicted molar refractivity (Wildman–Crippen MR) is 103 cm³/mol. The first-order valence-electron chi connectivity index (χ1n) is 9.65. The Labute approximate surface area is 158 Å². The molecule has 27 heavy (non-hydrogen) atoms. The number of ether oxygens (including phenoxy) is 1. The Hall–Kier alpha value is -2.60. The Morgan fingerprint density at radius 3 is 2.44 bits per heavy atom. The van der Waals surface area contributed by atoms with Crippen molar-refractivity contribution in [1.29, 1.82) is 0 Å². The van der Waals surface area contributed by atoms with Crippen molar-refractivity contribution in [3.63, 3.8) is 0 Å². The quantitative estimate of drug-likeness (QED) is 0.848. The molecule has 4 unspecified atom stereocenters. The van der Waals surface area contributed by atoms with Crippen LogP contribution in [-0.2, 0) is 4.74 Å². The minimum atomic E-state index is -0.0507. The van der Waals surface area contributed by atoms with Crippen LogP contribution in [-0.4, -0.2) is 46.0 Å². The highest BCUT2D eigenvalue weighted by atomic mass is 16.5. The van der Waals surface area contributed by atoms with Crippen LogP contribution in [0.2, 0.25) is 0 Å². The van der Waals surface area contributed by atoms with Gasteiger partial charge in [-0.1, -0.05) is 42.5 Å². The van der Waals surface area contributed by atoms with E-state index in [4.69, 9.17) is 9.84 Å². The van der Waals surface area contributed by atoms with E-state index in [0.29, 0.717) is 11.8 Å². The summed E-state index contributed by atoms with van der Waals surface area (Å²) in [5.74, 6) is 1.60. The van der Waals surface area contributed by atoms with Gasteiger partial charge in [-0.15, -0.1) is 0 Å². The maximum atomic E-state index is 12.9. The lowest BCUT2D eigenvalue weighted by Crippen LogP contribution is -2.35. The van der Waals surface area contributed by atoms with Crippen molar-refractivity contribution >= 4 is 11.8 Å². The molecule has 1 N–H and O–H groups in total. The smallest absolute Gasteiger partial charge is 0.323 e. The molecule has 0 spiro atoms. The summed E-state index contributed by atoms with van der Waals surface area (Å²) in [5.41, 5.74) is 1.91. The van der Waals surface area contributed by atoms with Crippen molar-refractivity contribution in [1.82, 2.24) is 14.7 Å². The van der Waals surface area contributed by atoms with Crippen LogP contribution in [0.15, 0.2) is 48.6 Å². The van der Waals surface area contributed by atoms with E-state index in [2.05, 4.69) is 31.3 Å². The van der Waals surface area contributed by atoms with E-state index < -0.39 is 0 Å². The van der Waals surface area contributed by atoms with E-state index in [1.165, 1.54) is 0 Å². The van der Waals surface area contributed by atoms with Gasteiger partial charge in [-0.2, -0.15) is 5.10 Å². The SMILES string of the molecule is CC(C)n1nc(-c2ccccc2)cc1NC(=O)N1CC2C3C=CC(O3)C2C1.